The fourth-order valence-electron chi connectivity index (χ4n) is 3.22. The highest BCUT2D eigenvalue weighted by atomic mass is 16.4. The van der Waals surface area contributed by atoms with Crippen molar-refractivity contribution in [3.8, 4) is 0 Å². The van der Waals surface area contributed by atoms with E-state index >= 15 is 0 Å². The minimum atomic E-state index is -0.936. The first kappa shape index (κ1) is 17.0. The first-order chi connectivity index (χ1) is 11.1. The molecule has 0 unspecified atom stereocenters. The standard InChI is InChI=1S/C21H24O2/c1-3-4-11-16-21(17(2)20(22)23,18-12-7-5-8-13-18)19-14-9-6-10-15-19/h5-10,12-15H,2-4,11,16H2,1H3,(H,22,23). The number of carbonyl (C=O) groups is 1. The smallest absolute Gasteiger partial charge is 0.332 e. The number of rotatable bonds is 8. The molecule has 1 N–H and O–H groups in total. The number of benzene rings is 2. The van der Waals surface area contributed by atoms with Crippen molar-refractivity contribution in [2.45, 2.75) is 38.0 Å². The summed E-state index contributed by atoms with van der Waals surface area (Å²) in [7, 11) is 0. The molecule has 2 aromatic rings. The fraction of sp³-hybridized carbons (Fsp3) is 0.286. The molecule has 0 saturated heterocycles. The Morgan fingerprint density at radius 2 is 1.43 bits per heavy atom. The van der Waals surface area contributed by atoms with E-state index in [1.807, 2.05) is 60.7 Å². The van der Waals surface area contributed by atoms with Crippen molar-refractivity contribution in [2.75, 3.05) is 0 Å². The maximum Gasteiger partial charge on any atom is 0.332 e. The molecule has 2 aromatic carbocycles. The minimum absolute atomic E-state index is 0.242. The van der Waals surface area contributed by atoms with Crippen molar-refractivity contribution < 1.29 is 9.90 Å². The van der Waals surface area contributed by atoms with Gasteiger partial charge in [-0.1, -0.05) is 93.4 Å². The summed E-state index contributed by atoms with van der Waals surface area (Å²) in [5, 5.41) is 9.70. The molecule has 0 aliphatic rings. The molecule has 0 aromatic heterocycles. The van der Waals surface area contributed by atoms with Gasteiger partial charge in [-0.3, -0.25) is 0 Å². The first-order valence-corrected chi connectivity index (χ1v) is 8.16. The third-order valence-electron chi connectivity index (χ3n) is 4.46. The first-order valence-electron chi connectivity index (χ1n) is 8.16. The van der Waals surface area contributed by atoms with Crippen LogP contribution in [0.25, 0.3) is 0 Å². The van der Waals surface area contributed by atoms with E-state index in [0.29, 0.717) is 0 Å². The zero-order chi connectivity index (χ0) is 16.7. The van der Waals surface area contributed by atoms with Gasteiger partial charge in [0.25, 0.3) is 0 Å². The Bertz CT molecular complexity index is 605. The van der Waals surface area contributed by atoms with Gasteiger partial charge in [-0.05, 0) is 17.5 Å². The number of hydrogen-bond donors (Lipinski definition) is 1. The average Bonchev–Trinajstić information content (AvgIpc) is 2.60. The molecule has 0 fully saturated rings. The van der Waals surface area contributed by atoms with E-state index < -0.39 is 11.4 Å². The normalized spacial score (nSPS) is 11.2. The molecule has 0 atom stereocenters. The molecular weight excluding hydrogens is 284 g/mol. The van der Waals surface area contributed by atoms with Crippen LogP contribution in [0, 0.1) is 0 Å². The van der Waals surface area contributed by atoms with E-state index in [2.05, 4.69) is 13.5 Å². The van der Waals surface area contributed by atoms with Crippen molar-refractivity contribution >= 4 is 5.97 Å². The molecule has 2 rings (SSSR count). The predicted molar refractivity (Wildman–Crippen MR) is 94.6 cm³/mol. The Morgan fingerprint density at radius 3 is 1.83 bits per heavy atom. The third kappa shape index (κ3) is 3.53. The number of hydrogen-bond acceptors (Lipinski definition) is 1. The van der Waals surface area contributed by atoms with Gasteiger partial charge in [-0.25, -0.2) is 4.79 Å². The maximum atomic E-state index is 11.8. The lowest BCUT2D eigenvalue weighted by Gasteiger charge is -2.35. The van der Waals surface area contributed by atoms with Gasteiger partial charge in [0.1, 0.15) is 0 Å². The zero-order valence-electron chi connectivity index (χ0n) is 13.7. The summed E-state index contributed by atoms with van der Waals surface area (Å²) in [4.78, 5) is 11.8. The molecule has 0 amide bonds. The van der Waals surface area contributed by atoms with Crippen LogP contribution in [0.3, 0.4) is 0 Å². The van der Waals surface area contributed by atoms with Crippen LogP contribution in [0.4, 0.5) is 0 Å². The second kappa shape index (κ2) is 7.77. The summed E-state index contributed by atoms with van der Waals surface area (Å²) in [6.45, 7) is 6.11. The molecule has 0 aliphatic carbocycles. The van der Waals surface area contributed by atoms with Gasteiger partial charge < -0.3 is 5.11 Å². The molecule has 0 bridgehead atoms. The minimum Gasteiger partial charge on any atom is -0.478 e. The van der Waals surface area contributed by atoms with Crippen LogP contribution in [0.15, 0.2) is 72.8 Å². The highest BCUT2D eigenvalue weighted by molar-refractivity contribution is 5.90. The summed E-state index contributed by atoms with van der Waals surface area (Å²) < 4.78 is 0. The Hall–Kier alpha value is -2.35. The molecular formula is C21H24O2. The summed E-state index contributed by atoms with van der Waals surface area (Å²) in [6, 6.07) is 19.8. The van der Waals surface area contributed by atoms with Crippen LogP contribution in [0.5, 0.6) is 0 Å². The number of carboxylic acids is 1. The monoisotopic (exact) mass is 308 g/mol. The highest BCUT2D eigenvalue weighted by Gasteiger charge is 2.39. The Morgan fingerprint density at radius 1 is 0.957 bits per heavy atom. The Kier molecular flexibility index (Phi) is 5.75. The number of unbranched alkanes of at least 4 members (excludes halogenated alkanes) is 2. The van der Waals surface area contributed by atoms with Crippen LogP contribution < -0.4 is 0 Å². The third-order valence-corrected chi connectivity index (χ3v) is 4.46. The molecule has 0 saturated carbocycles. The Balaban J connectivity index is 2.63. The van der Waals surface area contributed by atoms with Gasteiger partial charge in [-0.2, -0.15) is 0 Å². The molecule has 0 heterocycles. The van der Waals surface area contributed by atoms with Gasteiger partial charge in [-0.15, -0.1) is 0 Å². The molecule has 23 heavy (non-hydrogen) atoms. The van der Waals surface area contributed by atoms with Crippen molar-refractivity contribution in [1.29, 1.82) is 0 Å². The second-order valence-electron chi connectivity index (χ2n) is 5.88. The molecule has 0 radical (unpaired) electrons. The summed E-state index contributed by atoms with van der Waals surface area (Å²) >= 11 is 0. The largest absolute Gasteiger partial charge is 0.478 e. The van der Waals surface area contributed by atoms with Crippen LogP contribution in [0.2, 0.25) is 0 Å². The van der Waals surface area contributed by atoms with Gasteiger partial charge in [0.2, 0.25) is 0 Å². The lowest BCUT2D eigenvalue weighted by Crippen LogP contribution is -2.33. The van der Waals surface area contributed by atoms with Crippen molar-refractivity contribution in [1.82, 2.24) is 0 Å². The van der Waals surface area contributed by atoms with Crippen molar-refractivity contribution in [2.24, 2.45) is 0 Å². The van der Waals surface area contributed by atoms with E-state index in [4.69, 9.17) is 0 Å². The zero-order valence-corrected chi connectivity index (χ0v) is 13.7. The number of carboxylic acid groups (broad SMARTS) is 1. The summed E-state index contributed by atoms with van der Waals surface area (Å²) in [5.41, 5.74) is 1.55. The fourth-order valence-corrected chi connectivity index (χ4v) is 3.22. The maximum absolute atomic E-state index is 11.8. The van der Waals surface area contributed by atoms with E-state index in [-0.39, 0.29) is 5.57 Å². The van der Waals surface area contributed by atoms with E-state index in [0.717, 1.165) is 36.8 Å². The van der Waals surface area contributed by atoms with Crippen molar-refractivity contribution in [3.05, 3.63) is 83.9 Å². The topological polar surface area (TPSA) is 37.3 Å². The average molecular weight is 308 g/mol. The van der Waals surface area contributed by atoms with Gasteiger partial charge in [0.05, 0.1) is 5.41 Å². The predicted octanol–water partition coefficient (Wildman–Crippen LogP) is 5.19. The number of aliphatic carboxylic acids is 1. The van der Waals surface area contributed by atoms with Crippen LogP contribution in [0.1, 0.15) is 43.7 Å². The molecule has 0 spiro atoms. The van der Waals surface area contributed by atoms with Crippen LogP contribution in [-0.2, 0) is 10.2 Å². The summed E-state index contributed by atoms with van der Waals surface area (Å²) in [5.74, 6) is -0.936. The lowest BCUT2D eigenvalue weighted by atomic mass is 9.66. The van der Waals surface area contributed by atoms with Crippen LogP contribution >= 0.6 is 0 Å². The molecule has 0 aliphatic heterocycles. The summed E-state index contributed by atoms with van der Waals surface area (Å²) in [6.07, 6.45) is 3.89. The van der Waals surface area contributed by atoms with E-state index in [1.165, 1.54) is 0 Å². The Labute approximate surface area is 138 Å². The quantitative estimate of drug-likeness (QED) is 0.538. The van der Waals surface area contributed by atoms with Gasteiger partial charge in [0, 0.05) is 5.57 Å². The van der Waals surface area contributed by atoms with Gasteiger partial charge in [0.15, 0.2) is 0 Å². The SMILES string of the molecule is C=C(C(=O)O)C(CCCCC)(c1ccccc1)c1ccccc1. The molecule has 2 nitrogen and oxygen atoms in total. The second-order valence-corrected chi connectivity index (χ2v) is 5.88. The van der Waals surface area contributed by atoms with E-state index in [1.54, 1.807) is 0 Å². The lowest BCUT2D eigenvalue weighted by molar-refractivity contribution is -0.133. The van der Waals surface area contributed by atoms with Gasteiger partial charge >= 0.3 is 5.97 Å². The van der Waals surface area contributed by atoms with Crippen molar-refractivity contribution in [3.63, 3.8) is 0 Å². The van der Waals surface area contributed by atoms with E-state index in [9.17, 15) is 9.90 Å². The molecule has 2 heteroatoms. The molecule has 120 valence electrons. The highest BCUT2D eigenvalue weighted by Crippen LogP contribution is 2.43. The van der Waals surface area contributed by atoms with Crippen LogP contribution in [-0.4, -0.2) is 11.1 Å².